The first-order valence-electron chi connectivity index (χ1n) is 10.6. The molecule has 3 aliphatic rings. The van der Waals surface area contributed by atoms with Gasteiger partial charge >= 0.3 is 6.01 Å². The Kier molecular flexibility index (Phi) is 5.43. The molecule has 3 aliphatic carbocycles. The number of ether oxygens (including phenoxy) is 1. The standard InChI is InChI=1S/C23H30N4O2/c1-2-29-21-25-14-18(15-26-21)17-4-3-5-19(12-17)27-16-23-9-6-22(7-10-23,8-11-23)13-20(24)28/h3-5,12,14-15,27H,2,6-11,13,16H2,1H3,(H2,24,28). The number of amides is 1. The van der Waals surface area contributed by atoms with Gasteiger partial charge in [-0.1, -0.05) is 12.1 Å². The predicted molar refractivity (Wildman–Crippen MR) is 114 cm³/mol. The fraction of sp³-hybridized carbons (Fsp3) is 0.522. The number of nitrogens with two attached hydrogens (primary N) is 1. The van der Waals surface area contributed by atoms with Gasteiger partial charge in [-0.25, -0.2) is 9.97 Å². The highest BCUT2D eigenvalue weighted by molar-refractivity contribution is 5.74. The molecule has 0 radical (unpaired) electrons. The lowest BCUT2D eigenvalue weighted by Gasteiger charge is -2.53. The highest BCUT2D eigenvalue weighted by Crippen LogP contribution is 2.58. The second-order valence-electron chi connectivity index (χ2n) is 8.76. The average Bonchev–Trinajstić information content (AvgIpc) is 2.74. The van der Waals surface area contributed by atoms with Gasteiger partial charge in [-0.2, -0.15) is 0 Å². The first-order valence-corrected chi connectivity index (χ1v) is 10.6. The molecular formula is C23H30N4O2. The lowest BCUT2D eigenvalue weighted by atomic mass is 9.53. The van der Waals surface area contributed by atoms with Crippen LogP contribution in [0.25, 0.3) is 11.1 Å². The smallest absolute Gasteiger partial charge is 0.316 e. The van der Waals surface area contributed by atoms with Crippen LogP contribution < -0.4 is 15.8 Å². The Labute approximate surface area is 172 Å². The van der Waals surface area contributed by atoms with Gasteiger partial charge in [0.15, 0.2) is 0 Å². The van der Waals surface area contributed by atoms with Crippen LogP contribution in [0.1, 0.15) is 51.9 Å². The predicted octanol–water partition coefficient (Wildman–Crippen LogP) is 4.17. The number of rotatable bonds is 8. The van der Waals surface area contributed by atoms with Gasteiger partial charge in [0.2, 0.25) is 5.91 Å². The summed E-state index contributed by atoms with van der Waals surface area (Å²) in [6.45, 7) is 3.45. The minimum absolute atomic E-state index is 0.146. The molecule has 29 heavy (non-hydrogen) atoms. The fourth-order valence-electron chi connectivity index (χ4n) is 5.01. The van der Waals surface area contributed by atoms with E-state index in [0.29, 0.717) is 24.5 Å². The maximum Gasteiger partial charge on any atom is 0.316 e. The lowest BCUT2D eigenvalue weighted by Crippen LogP contribution is -2.46. The molecule has 2 bridgehead atoms. The fourth-order valence-corrected chi connectivity index (χ4v) is 5.01. The van der Waals surface area contributed by atoms with Crippen LogP contribution in [0.5, 0.6) is 6.01 Å². The molecule has 1 amide bonds. The number of anilines is 1. The summed E-state index contributed by atoms with van der Waals surface area (Å²) in [4.78, 5) is 20.0. The molecule has 0 unspecified atom stereocenters. The van der Waals surface area contributed by atoms with Gasteiger partial charge in [0.05, 0.1) is 6.61 Å². The Hall–Kier alpha value is -2.63. The molecule has 3 N–H and O–H groups in total. The molecule has 1 heterocycles. The monoisotopic (exact) mass is 394 g/mol. The van der Waals surface area contributed by atoms with E-state index in [1.165, 1.54) is 19.3 Å². The second kappa shape index (κ2) is 8.01. The van der Waals surface area contributed by atoms with E-state index in [9.17, 15) is 4.79 Å². The molecule has 0 spiro atoms. The molecule has 1 aromatic carbocycles. The minimum atomic E-state index is -0.146. The van der Waals surface area contributed by atoms with Crippen LogP contribution in [0.2, 0.25) is 0 Å². The van der Waals surface area contributed by atoms with E-state index >= 15 is 0 Å². The third kappa shape index (κ3) is 4.36. The average molecular weight is 395 g/mol. The summed E-state index contributed by atoms with van der Waals surface area (Å²) in [5.74, 6) is -0.146. The summed E-state index contributed by atoms with van der Waals surface area (Å²) < 4.78 is 5.32. The van der Waals surface area contributed by atoms with E-state index in [1.54, 1.807) is 12.4 Å². The van der Waals surface area contributed by atoms with Crippen molar-refractivity contribution in [3.05, 3.63) is 36.7 Å². The van der Waals surface area contributed by atoms with Crippen LogP contribution in [-0.2, 0) is 4.79 Å². The first-order chi connectivity index (χ1) is 14.0. The first kappa shape index (κ1) is 19.7. The Morgan fingerprint density at radius 3 is 2.34 bits per heavy atom. The van der Waals surface area contributed by atoms with E-state index in [4.69, 9.17) is 10.5 Å². The Bertz CT molecular complexity index is 841. The van der Waals surface area contributed by atoms with Crippen molar-refractivity contribution in [1.29, 1.82) is 0 Å². The van der Waals surface area contributed by atoms with Gasteiger partial charge in [-0.15, -0.1) is 0 Å². The number of aromatic nitrogens is 2. The second-order valence-corrected chi connectivity index (χ2v) is 8.76. The molecule has 5 rings (SSSR count). The third-order valence-corrected chi connectivity index (χ3v) is 6.87. The quantitative estimate of drug-likeness (QED) is 0.701. The summed E-state index contributed by atoms with van der Waals surface area (Å²) >= 11 is 0. The number of primary amides is 1. The lowest BCUT2D eigenvalue weighted by molar-refractivity contribution is -0.123. The van der Waals surface area contributed by atoms with Crippen molar-refractivity contribution < 1.29 is 9.53 Å². The third-order valence-electron chi connectivity index (χ3n) is 6.87. The zero-order valence-electron chi connectivity index (χ0n) is 17.1. The molecule has 0 aliphatic heterocycles. The van der Waals surface area contributed by atoms with Gasteiger partial charge in [-0.3, -0.25) is 4.79 Å². The number of nitrogens with zero attached hydrogens (tertiary/aromatic N) is 2. The number of carbonyl (C=O) groups excluding carboxylic acids is 1. The van der Waals surface area contributed by atoms with Crippen molar-refractivity contribution in [2.24, 2.45) is 16.6 Å². The number of fused-ring (bicyclic) bond motifs is 3. The summed E-state index contributed by atoms with van der Waals surface area (Å²) in [5.41, 5.74) is 9.19. The normalized spacial score (nSPS) is 25.6. The van der Waals surface area contributed by atoms with Crippen molar-refractivity contribution in [2.45, 2.75) is 51.9 Å². The molecule has 3 saturated carbocycles. The van der Waals surface area contributed by atoms with Gasteiger partial charge in [0.1, 0.15) is 0 Å². The summed E-state index contributed by atoms with van der Waals surface area (Å²) in [7, 11) is 0. The largest absolute Gasteiger partial charge is 0.464 e. The summed E-state index contributed by atoms with van der Waals surface area (Å²) in [6.07, 6.45) is 11.1. The topological polar surface area (TPSA) is 90.1 Å². The van der Waals surface area contributed by atoms with E-state index in [2.05, 4.69) is 39.6 Å². The number of benzene rings is 1. The van der Waals surface area contributed by atoms with Gasteiger partial charge in [0.25, 0.3) is 0 Å². The van der Waals surface area contributed by atoms with Crippen molar-refractivity contribution >= 4 is 11.6 Å². The zero-order valence-corrected chi connectivity index (χ0v) is 17.1. The van der Waals surface area contributed by atoms with Crippen LogP contribution >= 0.6 is 0 Å². The molecule has 2 aromatic rings. The summed E-state index contributed by atoms with van der Waals surface area (Å²) in [6, 6.07) is 8.80. The molecule has 0 atom stereocenters. The van der Waals surface area contributed by atoms with Crippen molar-refractivity contribution in [1.82, 2.24) is 9.97 Å². The zero-order chi connectivity index (χ0) is 20.3. The van der Waals surface area contributed by atoms with Crippen molar-refractivity contribution in [3.63, 3.8) is 0 Å². The Morgan fingerprint density at radius 1 is 1.07 bits per heavy atom. The Morgan fingerprint density at radius 2 is 1.72 bits per heavy atom. The van der Waals surface area contributed by atoms with E-state index < -0.39 is 0 Å². The van der Waals surface area contributed by atoms with Gasteiger partial charge in [-0.05, 0) is 74.0 Å². The molecule has 6 heteroatoms. The SMILES string of the molecule is CCOc1ncc(-c2cccc(NCC34CCC(CC(N)=O)(CC3)CC4)c2)cn1. The highest BCUT2D eigenvalue weighted by Gasteiger charge is 2.48. The van der Waals surface area contributed by atoms with Gasteiger partial charge < -0.3 is 15.8 Å². The van der Waals surface area contributed by atoms with Crippen LogP contribution in [0, 0.1) is 10.8 Å². The minimum Gasteiger partial charge on any atom is -0.464 e. The van der Waals surface area contributed by atoms with E-state index in [0.717, 1.165) is 42.6 Å². The molecular weight excluding hydrogens is 364 g/mol. The summed E-state index contributed by atoms with van der Waals surface area (Å²) in [5, 5.41) is 3.67. The molecule has 154 valence electrons. The number of hydrogen-bond acceptors (Lipinski definition) is 5. The highest BCUT2D eigenvalue weighted by atomic mass is 16.5. The van der Waals surface area contributed by atoms with E-state index in [1.807, 2.05) is 6.92 Å². The van der Waals surface area contributed by atoms with Crippen LogP contribution in [0.3, 0.4) is 0 Å². The molecule has 3 fully saturated rings. The van der Waals surface area contributed by atoms with Crippen LogP contribution in [-0.4, -0.2) is 29.0 Å². The Balaban J connectivity index is 1.39. The van der Waals surface area contributed by atoms with Crippen LogP contribution in [0.15, 0.2) is 36.7 Å². The molecule has 0 saturated heterocycles. The maximum atomic E-state index is 11.4. The molecule has 1 aromatic heterocycles. The van der Waals surface area contributed by atoms with Crippen molar-refractivity contribution in [3.8, 4) is 17.1 Å². The van der Waals surface area contributed by atoms with Crippen molar-refractivity contribution in [2.75, 3.05) is 18.5 Å². The molecule has 6 nitrogen and oxygen atoms in total. The van der Waals surface area contributed by atoms with E-state index in [-0.39, 0.29) is 11.3 Å². The maximum absolute atomic E-state index is 11.4. The van der Waals surface area contributed by atoms with Crippen LogP contribution in [0.4, 0.5) is 5.69 Å². The number of carbonyl (C=O) groups is 1. The number of nitrogens with one attached hydrogen (secondary N) is 1. The van der Waals surface area contributed by atoms with Gasteiger partial charge in [0, 0.05) is 36.6 Å². The number of hydrogen-bond donors (Lipinski definition) is 2.